The van der Waals surface area contributed by atoms with E-state index in [1.165, 1.54) is 0 Å². The van der Waals surface area contributed by atoms with Gasteiger partial charge in [-0.05, 0) is 31.5 Å². The fourth-order valence-corrected chi connectivity index (χ4v) is 3.65. The van der Waals surface area contributed by atoms with Crippen LogP contribution in [0.4, 0.5) is 0 Å². The molecule has 0 N–H and O–H groups in total. The van der Waals surface area contributed by atoms with Gasteiger partial charge in [-0.2, -0.15) is 0 Å². The van der Waals surface area contributed by atoms with Gasteiger partial charge in [0.05, 0.1) is 10.6 Å². The normalized spacial score (nSPS) is 11.2. The number of carbonyl (C=O) groups excluding carboxylic acids is 1. The van der Waals surface area contributed by atoms with Crippen LogP contribution < -0.4 is 0 Å². The van der Waals surface area contributed by atoms with Crippen LogP contribution in [0.1, 0.15) is 24.5 Å². The average molecular weight is 345 g/mol. The maximum atomic E-state index is 12.4. The van der Waals surface area contributed by atoms with Gasteiger partial charge < -0.3 is 4.90 Å². The van der Waals surface area contributed by atoms with Crippen LogP contribution >= 0.6 is 0 Å². The largest absolute Gasteiger partial charge is 0.339 e. The third kappa shape index (κ3) is 4.93. The zero-order valence-corrected chi connectivity index (χ0v) is 14.9. The molecule has 1 amide bonds. The zero-order valence-electron chi connectivity index (χ0n) is 14.1. The molecule has 0 atom stereocenters. The van der Waals surface area contributed by atoms with E-state index in [-0.39, 0.29) is 23.0 Å². The molecule has 0 saturated heterocycles. The monoisotopic (exact) mass is 345 g/mol. The van der Waals surface area contributed by atoms with Crippen LogP contribution in [-0.4, -0.2) is 31.5 Å². The summed E-state index contributed by atoms with van der Waals surface area (Å²) in [5.41, 5.74) is 2.04. The van der Waals surface area contributed by atoms with E-state index < -0.39 is 9.84 Å². The predicted molar refractivity (Wildman–Crippen MR) is 95.4 cm³/mol. The number of carbonyl (C=O) groups is 1. The SMILES string of the molecule is CCN(Cc1ccccc1)C(=O)CCS(=O)(=O)c1ccc(C)cc1. The summed E-state index contributed by atoms with van der Waals surface area (Å²) in [5.74, 6) is -0.308. The Morgan fingerprint density at radius 1 is 1.00 bits per heavy atom. The molecule has 0 aromatic heterocycles. The Bertz CT molecular complexity index is 768. The van der Waals surface area contributed by atoms with E-state index in [4.69, 9.17) is 0 Å². The van der Waals surface area contributed by atoms with Gasteiger partial charge in [-0.3, -0.25) is 4.79 Å². The van der Waals surface area contributed by atoms with Crippen LogP contribution in [0.3, 0.4) is 0 Å². The summed E-state index contributed by atoms with van der Waals surface area (Å²) in [6.07, 6.45) is -0.00309. The second kappa shape index (κ2) is 8.11. The fourth-order valence-electron chi connectivity index (χ4n) is 2.42. The molecule has 0 spiro atoms. The smallest absolute Gasteiger partial charge is 0.223 e. The van der Waals surface area contributed by atoms with Crippen molar-refractivity contribution in [3.8, 4) is 0 Å². The number of hydrogen-bond acceptors (Lipinski definition) is 3. The number of rotatable bonds is 7. The van der Waals surface area contributed by atoms with E-state index in [2.05, 4.69) is 0 Å². The Hall–Kier alpha value is -2.14. The summed E-state index contributed by atoms with van der Waals surface area (Å²) in [4.78, 5) is 14.3. The number of benzene rings is 2. The third-order valence-electron chi connectivity index (χ3n) is 3.92. The molecule has 2 aromatic carbocycles. The highest BCUT2D eigenvalue weighted by Gasteiger charge is 2.19. The van der Waals surface area contributed by atoms with Gasteiger partial charge in [-0.15, -0.1) is 0 Å². The quantitative estimate of drug-likeness (QED) is 0.774. The van der Waals surface area contributed by atoms with Crippen LogP contribution in [0.25, 0.3) is 0 Å². The highest BCUT2D eigenvalue weighted by atomic mass is 32.2. The van der Waals surface area contributed by atoms with Crippen LogP contribution in [-0.2, 0) is 21.2 Å². The van der Waals surface area contributed by atoms with Crippen molar-refractivity contribution in [1.29, 1.82) is 0 Å². The summed E-state index contributed by atoms with van der Waals surface area (Å²) in [7, 11) is -3.43. The minimum Gasteiger partial charge on any atom is -0.339 e. The van der Waals surface area contributed by atoms with Crippen molar-refractivity contribution in [3.63, 3.8) is 0 Å². The molecular weight excluding hydrogens is 322 g/mol. The number of aryl methyl sites for hydroxylation is 1. The van der Waals surface area contributed by atoms with Crippen molar-refractivity contribution in [2.45, 2.75) is 31.7 Å². The Morgan fingerprint density at radius 3 is 2.21 bits per heavy atom. The number of amides is 1. The molecule has 0 bridgehead atoms. The van der Waals surface area contributed by atoms with E-state index >= 15 is 0 Å². The molecular formula is C19H23NO3S. The van der Waals surface area contributed by atoms with Crippen molar-refractivity contribution < 1.29 is 13.2 Å². The second-order valence-corrected chi connectivity index (χ2v) is 7.88. The first kappa shape index (κ1) is 18.2. The molecule has 0 unspecified atom stereocenters. The highest BCUT2D eigenvalue weighted by Crippen LogP contribution is 2.14. The lowest BCUT2D eigenvalue weighted by atomic mass is 10.2. The van der Waals surface area contributed by atoms with E-state index in [0.29, 0.717) is 13.1 Å². The lowest BCUT2D eigenvalue weighted by molar-refractivity contribution is -0.131. The Kier molecular flexibility index (Phi) is 6.15. The van der Waals surface area contributed by atoms with Gasteiger partial charge in [0.1, 0.15) is 0 Å². The van der Waals surface area contributed by atoms with Gasteiger partial charge in [-0.1, -0.05) is 48.0 Å². The van der Waals surface area contributed by atoms with Crippen LogP contribution in [0.5, 0.6) is 0 Å². The highest BCUT2D eigenvalue weighted by molar-refractivity contribution is 7.91. The maximum absolute atomic E-state index is 12.4. The summed E-state index contributed by atoms with van der Waals surface area (Å²) in [6, 6.07) is 16.4. The molecule has 24 heavy (non-hydrogen) atoms. The summed E-state index contributed by atoms with van der Waals surface area (Å²) >= 11 is 0. The fraction of sp³-hybridized carbons (Fsp3) is 0.316. The molecule has 0 saturated carbocycles. The van der Waals surface area contributed by atoms with Gasteiger partial charge in [0, 0.05) is 19.5 Å². The van der Waals surface area contributed by atoms with E-state index in [1.54, 1.807) is 29.2 Å². The lowest BCUT2D eigenvalue weighted by Crippen LogP contribution is -2.31. The Morgan fingerprint density at radius 2 is 1.62 bits per heavy atom. The molecule has 2 rings (SSSR count). The summed E-state index contributed by atoms with van der Waals surface area (Å²) in [6.45, 7) is 4.86. The van der Waals surface area contributed by atoms with Gasteiger partial charge in [0.15, 0.2) is 9.84 Å². The molecule has 0 heterocycles. The topological polar surface area (TPSA) is 54.5 Å². The van der Waals surface area contributed by atoms with Gasteiger partial charge in [0.25, 0.3) is 0 Å². The number of nitrogens with zero attached hydrogens (tertiary/aromatic N) is 1. The van der Waals surface area contributed by atoms with Gasteiger partial charge >= 0.3 is 0 Å². The Labute approximate surface area is 144 Å². The van der Waals surface area contributed by atoms with Crippen LogP contribution in [0, 0.1) is 6.92 Å². The first-order chi connectivity index (χ1) is 11.4. The van der Waals surface area contributed by atoms with Crippen LogP contribution in [0.2, 0.25) is 0 Å². The Balaban J connectivity index is 1.99. The first-order valence-corrected chi connectivity index (χ1v) is 9.68. The predicted octanol–water partition coefficient (Wildman–Crippen LogP) is 3.21. The molecule has 0 aliphatic heterocycles. The molecule has 2 aromatic rings. The molecule has 5 heteroatoms. The summed E-state index contributed by atoms with van der Waals surface area (Å²) < 4.78 is 24.7. The first-order valence-electron chi connectivity index (χ1n) is 8.03. The van der Waals surface area contributed by atoms with E-state index in [1.807, 2.05) is 44.2 Å². The van der Waals surface area contributed by atoms with Crippen molar-refractivity contribution in [2.24, 2.45) is 0 Å². The molecule has 0 fully saturated rings. The van der Waals surface area contributed by atoms with Gasteiger partial charge in [-0.25, -0.2) is 8.42 Å². The molecule has 4 nitrogen and oxygen atoms in total. The lowest BCUT2D eigenvalue weighted by Gasteiger charge is -2.21. The molecule has 128 valence electrons. The molecule has 0 aliphatic rings. The molecule has 0 radical (unpaired) electrons. The van der Waals surface area contributed by atoms with E-state index in [0.717, 1.165) is 11.1 Å². The summed E-state index contributed by atoms with van der Waals surface area (Å²) in [5, 5.41) is 0. The number of hydrogen-bond donors (Lipinski definition) is 0. The van der Waals surface area contributed by atoms with E-state index in [9.17, 15) is 13.2 Å². The van der Waals surface area contributed by atoms with Crippen LogP contribution in [0.15, 0.2) is 59.5 Å². The van der Waals surface area contributed by atoms with Gasteiger partial charge in [0.2, 0.25) is 5.91 Å². The average Bonchev–Trinajstić information content (AvgIpc) is 2.59. The van der Waals surface area contributed by atoms with Crippen molar-refractivity contribution in [3.05, 3.63) is 65.7 Å². The second-order valence-electron chi connectivity index (χ2n) is 5.78. The molecule has 0 aliphatic carbocycles. The van der Waals surface area contributed by atoms with Crippen molar-refractivity contribution >= 4 is 15.7 Å². The standard InChI is InChI=1S/C19H23NO3S/c1-3-20(15-17-7-5-4-6-8-17)19(21)13-14-24(22,23)18-11-9-16(2)10-12-18/h4-12H,3,13-15H2,1-2H3. The minimum absolute atomic E-state index is 0.00309. The zero-order chi connectivity index (χ0) is 17.6. The number of sulfone groups is 1. The maximum Gasteiger partial charge on any atom is 0.223 e. The third-order valence-corrected chi connectivity index (χ3v) is 5.65. The minimum atomic E-state index is -3.43. The van der Waals surface area contributed by atoms with Crippen molar-refractivity contribution in [1.82, 2.24) is 4.90 Å². The van der Waals surface area contributed by atoms with Crippen molar-refractivity contribution in [2.75, 3.05) is 12.3 Å².